The van der Waals surface area contributed by atoms with E-state index >= 15 is 0 Å². The molecule has 11 heteroatoms. The second kappa shape index (κ2) is 11.1. The summed E-state index contributed by atoms with van der Waals surface area (Å²) in [6.45, 7) is 4.19. The summed E-state index contributed by atoms with van der Waals surface area (Å²) >= 11 is 0. The number of carboxylic acid groups (broad SMARTS) is 1. The van der Waals surface area contributed by atoms with Gasteiger partial charge in [-0.2, -0.15) is 13.2 Å². The van der Waals surface area contributed by atoms with Gasteiger partial charge in [-0.05, 0) is 38.1 Å². The van der Waals surface area contributed by atoms with Crippen LogP contribution in [-0.2, 0) is 11.2 Å². The Hall–Kier alpha value is -3.73. The number of H-pyrrole nitrogens is 1. The third-order valence-corrected chi connectivity index (χ3v) is 5.64. The lowest BCUT2D eigenvalue weighted by atomic mass is 10.0. The van der Waals surface area contributed by atoms with E-state index in [1.54, 1.807) is 12.4 Å². The largest absolute Gasteiger partial charge is 0.490 e. The van der Waals surface area contributed by atoms with Crippen LogP contribution in [-0.4, -0.2) is 80.6 Å². The van der Waals surface area contributed by atoms with Gasteiger partial charge in [0.05, 0.1) is 0 Å². The molecule has 0 bridgehead atoms. The zero-order chi connectivity index (χ0) is 25.6. The summed E-state index contributed by atoms with van der Waals surface area (Å²) in [6, 6.07) is 14.6. The van der Waals surface area contributed by atoms with Crippen LogP contribution in [0.3, 0.4) is 0 Å². The fourth-order valence-electron chi connectivity index (χ4n) is 3.70. The molecule has 8 nitrogen and oxygen atoms in total. The second-order valence-electron chi connectivity index (χ2n) is 8.18. The van der Waals surface area contributed by atoms with E-state index in [9.17, 15) is 18.0 Å². The van der Waals surface area contributed by atoms with E-state index in [4.69, 9.17) is 9.90 Å². The van der Waals surface area contributed by atoms with Crippen LogP contribution in [0.15, 0.2) is 54.9 Å². The van der Waals surface area contributed by atoms with Crippen LogP contribution in [0, 0.1) is 6.92 Å². The van der Waals surface area contributed by atoms with E-state index in [1.165, 1.54) is 5.56 Å². The molecule has 0 saturated carbocycles. The molecule has 3 heterocycles. The van der Waals surface area contributed by atoms with Crippen molar-refractivity contribution in [3.63, 3.8) is 0 Å². The van der Waals surface area contributed by atoms with Crippen LogP contribution in [0.25, 0.3) is 11.4 Å². The summed E-state index contributed by atoms with van der Waals surface area (Å²) in [6.07, 6.45) is -0.678. The van der Waals surface area contributed by atoms with E-state index in [1.807, 2.05) is 30.0 Å². The van der Waals surface area contributed by atoms with Crippen molar-refractivity contribution >= 4 is 11.9 Å². The maximum absolute atomic E-state index is 13.2. The molecule has 1 saturated heterocycles. The molecule has 0 spiro atoms. The van der Waals surface area contributed by atoms with E-state index < -0.39 is 12.1 Å². The third kappa shape index (κ3) is 6.89. The number of hydrogen-bond acceptors (Lipinski definition) is 5. The van der Waals surface area contributed by atoms with Gasteiger partial charge in [-0.25, -0.2) is 9.78 Å². The van der Waals surface area contributed by atoms with Gasteiger partial charge in [-0.3, -0.25) is 14.7 Å². The summed E-state index contributed by atoms with van der Waals surface area (Å²) in [4.78, 5) is 38.3. The minimum absolute atomic E-state index is 0.00458. The second-order valence-corrected chi connectivity index (χ2v) is 8.18. The number of benzene rings is 1. The van der Waals surface area contributed by atoms with Gasteiger partial charge < -0.3 is 15.0 Å². The van der Waals surface area contributed by atoms with Gasteiger partial charge in [-0.15, -0.1) is 0 Å². The predicted molar refractivity (Wildman–Crippen MR) is 123 cm³/mol. The lowest BCUT2D eigenvalue weighted by molar-refractivity contribution is -0.192. The molecule has 1 unspecified atom stereocenters. The Morgan fingerprint density at radius 1 is 1.14 bits per heavy atom. The Balaban J connectivity index is 0.000000429. The standard InChI is InChI=1S/C22H25N5O.C2HF3O2/c1-16-20(25-21(24-16)18-9-6-10-23-14-18)22(28)27-12-11-26(2)19(15-27)13-17-7-4-3-5-8-17;3-2(4,5)1(6)7/h3-10,14,19H,11-13,15H2,1-2H3,(H,24,25);(H,6,7). The maximum Gasteiger partial charge on any atom is 0.490 e. The Bertz CT molecular complexity index is 1140. The van der Waals surface area contributed by atoms with Crippen molar-refractivity contribution in [2.75, 3.05) is 26.7 Å². The molecule has 4 rings (SSSR count). The Morgan fingerprint density at radius 3 is 2.43 bits per heavy atom. The highest BCUT2D eigenvalue weighted by atomic mass is 19.4. The average molecular weight is 489 g/mol. The number of hydrogen-bond donors (Lipinski definition) is 2. The minimum Gasteiger partial charge on any atom is -0.475 e. The fourth-order valence-corrected chi connectivity index (χ4v) is 3.70. The first-order valence-electron chi connectivity index (χ1n) is 10.9. The van der Waals surface area contributed by atoms with E-state index in [2.05, 4.69) is 51.2 Å². The van der Waals surface area contributed by atoms with Gasteiger partial charge in [0.2, 0.25) is 0 Å². The summed E-state index contributed by atoms with van der Waals surface area (Å²) in [5.41, 5.74) is 3.47. The van der Waals surface area contributed by atoms with Crippen molar-refractivity contribution in [2.24, 2.45) is 0 Å². The molecule has 0 aliphatic carbocycles. The van der Waals surface area contributed by atoms with Crippen LogP contribution >= 0.6 is 0 Å². The minimum atomic E-state index is -5.08. The first kappa shape index (κ1) is 25.9. The number of aromatic amines is 1. The number of imidazole rings is 1. The lowest BCUT2D eigenvalue weighted by Crippen LogP contribution is -2.54. The molecule has 35 heavy (non-hydrogen) atoms. The Labute approximate surface area is 200 Å². The number of alkyl halides is 3. The fraction of sp³-hybridized carbons (Fsp3) is 0.333. The molecule has 1 amide bonds. The van der Waals surface area contributed by atoms with Gasteiger partial charge in [0, 0.05) is 49.3 Å². The number of piperazine rings is 1. The number of carboxylic acids is 1. The Morgan fingerprint density at radius 2 is 1.83 bits per heavy atom. The Kier molecular flexibility index (Phi) is 8.23. The average Bonchev–Trinajstić information content (AvgIpc) is 3.22. The zero-order valence-electron chi connectivity index (χ0n) is 19.3. The van der Waals surface area contributed by atoms with Crippen molar-refractivity contribution in [2.45, 2.75) is 25.6 Å². The van der Waals surface area contributed by atoms with Crippen LogP contribution in [0.1, 0.15) is 21.7 Å². The van der Waals surface area contributed by atoms with Crippen molar-refractivity contribution in [1.29, 1.82) is 0 Å². The molecule has 2 N–H and O–H groups in total. The maximum atomic E-state index is 13.2. The van der Waals surface area contributed by atoms with E-state index in [-0.39, 0.29) is 5.91 Å². The number of carbonyl (C=O) groups is 2. The highest BCUT2D eigenvalue weighted by molar-refractivity contribution is 5.94. The number of aromatic nitrogens is 3. The van der Waals surface area contributed by atoms with E-state index in [0.29, 0.717) is 24.1 Å². The predicted octanol–water partition coefficient (Wildman–Crippen LogP) is 3.41. The van der Waals surface area contributed by atoms with Crippen LogP contribution in [0.5, 0.6) is 0 Å². The van der Waals surface area contributed by atoms with Crippen molar-refractivity contribution in [3.05, 3.63) is 71.8 Å². The summed E-state index contributed by atoms with van der Waals surface area (Å²) < 4.78 is 31.7. The zero-order valence-corrected chi connectivity index (χ0v) is 19.3. The molecule has 1 aliphatic heterocycles. The number of nitrogens with one attached hydrogen (secondary N) is 1. The normalized spacial score (nSPS) is 16.4. The summed E-state index contributed by atoms with van der Waals surface area (Å²) in [5, 5.41) is 7.12. The molecule has 1 fully saturated rings. The molecular weight excluding hydrogens is 463 g/mol. The SMILES string of the molecule is Cc1[nH]c(-c2cccnc2)nc1C(=O)N1CCN(C)C(Cc2ccccc2)C1.O=C(O)C(F)(F)F. The van der Waals surface area contributed by atoms with Crippen molar-refractivity contribution in [1.82, 2.24) is 24.8 Å². The highest BCUT2D eigenvalue weighted by Crippen LogP contribution is 2.20. The number of likely N-dealkylation sites (N-methyl/N-ethyl adjacent to an activating group) is 1. The molecule has 2 aromatic heterocycles. The van der Waals surface area contributed by atoms with Crippen molar-refractivity contribution < 1.29 is 27.9 Å². The van der Waals surface area contributed by atoms with Gasteiger partial charge in [0.25, 0.3) is 5.91 Å². The number of amides is 1. The third-order valence-electron chi connectivity index (χ3n) is 5.64. The van der Waals surface area contributed by atoms with E-state index in [0.717, 1.165) is 30.8 Å². The quantitative estimate of drug-likeness (QED) is 0.582. The highest BCUT2D eigenvalue weighted by Gasteiger charge is 2.38. The van der Waals surface area contributed by atoms with Crippen LogP contribution in [0.2, 0.25) is 0 Å². The molecule has 3 aromatic rings. The molecule has 1 aromatic carbocycles. The molecular formula is C24H26F3N5O3. The van der Waals surface area contributed by atoms with Gasteiger partial charge in [0.15, 0.2) is 0 Å². The van der Waals surface area contributed by atoms with Crippen LogP contribution in [0.4, 0.5) is 13.2 Å². The molecule has 186 valence electrons. The summed E-state index contributed by atoms with van der Waals surface area (Å²) in [7, 11) is 2.13. The van der Waals surface area contributed by atoms with Gasteiger partial charge >= 0.3 is 12.1 Å². The van der Waals surface area contributed by atoms with Crippen molar-refractivity contribution in [3.8, 4) is 11.4 Å². The molecule has 1 aliphatic rings. The number of pyridine rings is 1. The number of nitrogens with zero attached hydrogens (tertiary/aromatic N) is 4. The number of halogens is 3. The van der Waals surface area contributed by atoms with Gasteiger partial charge in [-0.1, -0.05) is 30.3 Å². The van der Waals surface area contributed by atoms with Gasteiger partial charge in [0.1, 0.15) is 11.5 Å². The molecule has 1 atom stereocenters. The first-order chi connectivity index (χ1) is 16.6. The lowest BCUT2D eigenvalue weighted by Gasteiger charge is -2.39. The smallest absolute Gasteiger partial charge is 0.475 e. The summed E-state index contributed by atoms with van der Waals surface area (Å²) in [5.74, 6) is -2.08. The number of aliphatic carboxylic acids is 1. The first-order valence-corrected chi connectivity index (χ1v) is 10.9. The topological polar surface area (TPSA) is 102 Å². The molecule has 0 radical (unpaired) electrons. The number of carbonyl (C=O) groups excluding carboxylic acids is 1. The monoisotopic (exact) mass is 489 g/mol. The number of aryl methyl sites for hydroxylation is 1. The van der Waals surface area contributed by atoms with Crippen LogP contribution < -0.4 is 0 Å². The number of rotatable bonds is 4.